The first-order chi connectivity index (χ1) is 17.0. The van der Waals surface area contributed by atoms with Crippen molar-refractivity contribution in [3.8, 4) is 11.1 Å². The minimum atomic E-state index is -1.28. The molecule has 1 unspecified atom stereocenters. The van der Waals surface area contributed by atoms with E-state index in [-0.39, 0.29) is 37.0 Å². The highest BCUT2D eigenvalue weighted by Gasteiger charge is 2.49. The summed E-state index contributed by atoms with van der Waals surface area (Å²) in [5, 5.41) is 11.8. The third-order valence-corrected chi connectivity index (χ3v) is 7.26. The number of hydrogen-bond acceptors (Lipinski definition) is 5. The van der Waals surface area contributed by atoms with Gasteiger partial charge in [-0.05, 0) is 46.6 Å². The highest BCUT2D eigenvalue weighted by atomic mass is 16.6. The van der Waals surface area contributed by atoms with Crippen LogP contribution in [0.25, 0.3) is 11.1 Å². The first-order valence-electron chi connectivity index (χ1n) is 12.8. The van der Waals surface area contributed by atoms with Crippen molar-refractivity contribution in [1.82, 2.24) is 14.4 Å². The molecule has 1 fully saturated rings. The van der Waals surface area contributed by atoms with Gasteiger partial charge in [0.05, 0.1) is 17.7 Å². The van der Waals surface area contributed by atoms with E-state index in [4.69, 9.17) is 4.74 Å². The van der Waals surface area contributed by atoms with Crippen LogP contribution in [0.4, 0.5) is 4.79 Å². The van der Waals surface area contributed by atoms with E-state index in [1.54, 1.807) is 23.0 Å². The molecule has 2 amide bonds. The van der Waals surface area contributed by atoms with Crippen LogP contribution in [0, 0.1) is 5.41 Å². The van der Waals surface area contributed by atoms with Gasteiger partial charge in [0, 0.05) is 49.4 Å². The highest BCUT2D eigenvalue weighted by Crippen LogP contribution is 2.40. The molecule has 0 aliphatic carbocycles. The zero-order chi connectivity index (χ0) is 27.8. The van der Waals surface area contributed by atoms with Crippen LogP contribution in [0.15, 0.2) is 47.4 Å². The summed E-state index contributed by atoms with van der Waals surface area (Å²) in [5.41, 5.74) is -1.21. The fourth-order valence-electron chi connectivity index (χ4n) is 4.57. The van der Waals surface area contributed by atoms with Gasteiger partial charge < -0.3 is 24.2 Å². The van der Waals surface area contributed by atoms with Crippen molar-refractivity contribution in [2.75, 3.05) is 20.1 Å². The molecule has 1 N–H and O–H groups in total. The van der Waals surface area contributed by atoms with Crippen molar-refractivity contribution < 1.29 is 19.4 Å². The molecule has 8 heteroatoms. The zero-order valence-corrected chi connectivity index (χ0v) is 23.4. The van der Waals surface area contributed by atoms with E-state index in [1.807, 2.05) is 78.8 Å². The van der Waals surface area contributed by atoms with E-state index in [2.05, 4.69) is 0 Å². The molecule has 8 nitrogen and oxygen atoms in total. The van der Waals surface area contributed by atoms with Gasteiger partial charge in [0.15, 0.2) is 0 Å². The average molecular weight is 512 g/mol. The smallest absolute Gasteiger partial charge is 0.410 e. The van der Waals surface area contributed by atoms with Gasteiger partial charge >= 0.3 is 6.09 Å². The summed E-state index contributed by atoms with van der Waals surface area (Å²) >= 11 is 0. The number of ether oxygens (including phenoxy) is 1. The van der Waals surface area contributed by atoms with E-state index in [0.717, 1.165) is 5.56 Å². The summed E-state index contributed by atoms with van der Waals surface area (Å²) in [5.74, 6) is -0.200. The lowest BCUT2D eigenvalue weighted by Crippen LogP contribution is -2.61. The number of pyridine rings is 1. The Bertz CT molecular complexity index is 1200. The maximum atomic E-state index is 13.5. The van der Waals surface area contributed by atoms with Gasteiger partial charge in [-0.1, -0.05) is 44.2 Å². The first-order valence-corrected chi connectivity index (χ1v) is 12.8. The molecular formula is C29H41N3O5. The van der Waals surface area contributed by atoms with E-state index < -0.39 is 22.7 Å². The molecule has 37 heavy (non-hydrogen) atoms. The predicted octanol–water partition coefficient (Wildman–Crippen LogP) is 4.39. The first kappa shape index (κ1) is 28.4. The Labute approximate surface area is 219 Å². The quantitative estimate of drug-likeness (QED) is 0.643. The predicted molar refractivity (Wildman–Crippen MR) is 145 cm³/mol. The SMILES string of the molecule is CC(C)N(C)C(=O)c1cn(CC2(O)CCN(C(=O)OC(C)(C)C)CC2(C)C)c(=O)cc1-c1ccccc1. The number of carbonyl (C=O) groups excluding carboxylic acids is 2. The highest BCUT2D eigenvalue weighted by molar-refractivity contribution is 6.00. The molecule has 1 saturated heterocycles. The molecule has 3 rings (SSSR count). The van der Waals surface area contributed by atoms with Gasteiger partial charge in [-0.2, -0.15) is 0 Å². The second-order valence-electron chi connectivity index (χ2n) is 12.0. The number of likely N-dealkylation sites (tertiary alicyclic amines) is 1. The van der Waals surface area contributed by atoms with Gasteiger partial charge in [-0.3, -0.25) is 9.59 Å². The molecule has 202 valence electrons. The maximum Gasteiger partial charge on any atom is 0.410 e. The maximum absolute atomic E-state index is 13.5. The lowest BCUT2D eigenvalue weighted by atomic mass is 9.70. The Hall–Kier alpha value is -3.13. The molecule has 1 aliphatic rings. The van der Waals surface area contributed by atoms with Crippen LogP contribution in [0.1, 0.15) is 65.2 Å². The molecular weight excluding hydrogens is 470 g/mol. The second kappa shape index (κ2) is 10.3. The van der Waals surface area contributed by atoms with Crippen LogP contribution in [0.3, 0.4) is 0 Å². The molecule has 0 spiro atoms. The molecule has 1 aromatic carbocycles. The third-order valence-electron chi connectivity index (χ3n) is 7.26. The van der Waals surface area contributed by atoms with Crippen LogP contribution in [-0.4, -0.2) is 68.9 Å². The standard InChI is InChI=1S/C29H41N3O5/c1-20(2)30(8)25(34)23-17-32(24(33)16-22(23)21-12-10-9-11-13-21)19-29(36)14-15-31(18-28(29,6)7)26(35)37-27(3,4)5/h9-13,16-17,20,36H,14-15,18-19H2,1-8H3. The minimum absolute atomic E-state index is 0.00172. The number of hydrogen-bond donors (Lipinski definition) is 1. The topological polar surface area (TPSA) is 92.1 Å². The monoisotopic (exact) mass is 511 g/mol. The normalized spacial score (nSPS) is 19.6. The number of piperidine rings is 1. The summed E-state index contributed by atoms with van der Waals surface area (Å²) < 4.78 is 6.95. The lowest BCUT2D eigenvalue weighted by Gasteiger charge is -2.50. The Morgan fingerprint density at radius 1 is 1.16 bits per heavy atom. The summed E-state index contributed by atoms with van der Waals surface area (Å²) in [4.78, 5) is 42.7. The molecule has 1 aromatic heterocycles. The minimum Gasteiger partial charge on any atom is -0.444 e. The van der Waals surface area contributed by atoms with Crippen LogP contribution in [0.5, 0.6) is 0 Å². The van der Waals surface area contributed by atoms with E-state index in [9.17, 15) is 19.5 Å². The Balaban J connectivity index is 1.98. The van der Waals surface area contributed by atoms with Crippen molar-refractivity contribution in [2.45, 2.75) is 78.7 Å². The zero-order valence-electron chi connectivity index (χ0n) is 23.4. The molecule has 1 aliphatic heterocycles. The Kier molecular flexibility index (Phi) is 7.94. The van der Waals surface area contributed by atoms with Gasteiger partial charge in [0.1, 0.15) is 5.60 Å². The van der Waals surface area contributed by atoms with Gasteiger partial charge in [0.25, 0.3) is 11.5 Å². The molecule has 2 heterocycles. The number of amides is 2. The Morgan fingerprint density at radius 2 is 1.78 bits per heavy atom. The summed E-state index contributed by atoms with van der Waals surface area (Å²) in [6.07, 6.45) is 1.41. The van der Waals surface area contributed by atoms with E-state index >= 15 is 0 Å². The number of carbonyl (C=O) groups is 2. The second-order valence-corrected chi connectivity index (χ2v) is 12.0. The summed E-state index contributed by atoms with van der Waals surface area (Å²) in [7, 11) is 1.74. The third kappa shape index (κ3) is 6.24. The van der Waals surface area contributed by atoms with Gasteiger partial charge in [-0.25, -0.2) is 4.79 Å². The van der Waals surface area contributed by atoms with Crippen molar-refractivity contribution in [2.24, 2.45) is 5.41 Å². The van der Waals surface area contributed by atoms with E-state index in [0.29, 0.717) is 17.7 Å². The molecule has 0 bridgehead atoms. The van der Waals surface area contributed by atoms with Crippen molar-refractivity contribution in [1.29, 1.82) is 0 Å². The van der Waals surface area contributed by atoms with E-state index in [1.165, 1.54) is 10.6 Å². The van der Waals surface area contributed by atoms with Crippen LogP contribution in [0.2, 0.25) is 0 Å². The number of rotatable bonds is 5. The molecule has 0 saturated carbocycles. The van der Waals surface area contributed by atoms with Crippen molar-refractivity contribution >= 4 is 12.0 Å². The van der Waals surface area contributed by atoms with Crippen LogP contribution >= 0.6 is 0 Å². The number of aromatic nitrogens is 1. The molecule has 1 atom stereocenters. The molecule has 0 radical (unpaired) electrons. The average Bonchev–Trinajstić information content (AvgIpc) is 2.80. The van der Waals surface area contributed by atoms with Crippen LogP contribution in [-0.2, 0) is 11.3 Å². The number of aliphatic hydroxyl groups is 1. The van der Waals surface area contributed by atoms with Gasteiger partial charge in [0.2, 0.25) is 0 Å². The van der Waals surface area contributed by atoms with Crippen molar-refractivity contribution in [3.05, 3.63) is 58.5 Å². The number of benzene rings is 1. The Morgan fingerprint density at radius 3 is 2.32 bits per heavy atom. The summed E-state index contributed by atoms with van der Waals surface area (Å²) in [6.45, 7) is 13.6. The van der Waals surface area contributed by atoms with Gasteiger partial charge in [-0.15, -0.1) is 0 Å². The lowest BCUT2D eigenvalue weighted by molar-refractivity contribution is -0.126. The fraction of sp³-hybridized carbons (Fsp3) is 0.552. The fourth-order valence-corrected chi connectivity index (χ4v) is 4.57. The summed E-state index contributed by atoms with van der Waals surface area (Å²) in [6, 6.07) is 10.8. The largest absolute Gasteiger partial charge is 0.444 e. The van der Waals surface area contributed by atoms with Crippen molar-refractivity contribution in [3.63, 3.8) is 0 Å². The molecule has 2 aromatic rings. The number of nitrogens with zero attached hydrogens (tertiary/aromatic N) is 3. The van der Waals surface area contributed by atoms with Crippen LogP contribution < -0.4 is 5.56 Å².